The Balaban J connectivity index is 1.81. The van der Waals surface area contributed by atoms with Crippen LogP contribution in [0, 0.1) is 5.92 Å². The van der Waals surface area contributed by atoms with Crippen LogP contribution in [0.2, 0.25) is 0 Å². The highest BCUT2D eigenvalue weighted by Crippen LogP contribution is 2.27. The number of hydrogen-bond donors (Lipinski definition) is 3. The summed E-state index contributed by atoms with van der Waals surface area (Å²) in [6.45, 7) is 4.05. The Labute approximate surface area is 152 Å². The Morgan fingerprint density at radius 1 is 1.12 bits per heavy atom. The lowest BCUT2D eigenvalue weighted by atomic mass is 9.97. The van der Waals surface area contributed by atoms with E-state index < -0.39 is 11.8 Å². The molecular formula is C20H22N2O4. The van der Waals surface area contributed by atoms with Crippen molar-refractivity contribution in [3.63, 3.8) is 0 Å². The fraction of sp³-hybridized carbons (Fsp3) is 0.300. The molecule has 3 N–H and O–H groups in total. The number of phenols is 1. The number of nitrogens with one attached hydrogen (secondary N) is 1. The molecule has 2 aromatic carbocycles. The number of hydrazine groups is 1. The Kier molecular flexibility index (Phi) is 5.23. The van der Waals surface area contributed by atoms with E-state index in [-0.39, 0.29) is 22.4 Å². The van der Waals surface area contributed by atoms with E-state index in [9.17, 15) is 19.8 Å². The number of aromatic carboxylic acids is 1. The number of carboxylic acids is 1. The molecule has 1 saturated heterocycles. The van der Waals surface area contributed by atoms with Crippen molar-refractivity contribution in [3.8, 4) is 5.75 Å². The van der Waals surface area contributed by atoms with Gasteiger partial charge in [-0.1, -0.05) is 25.1 Å². The van der Waals surface area contributed by atoms with Crippen LogP contribution in [0.3, 0.4) is 0 Å². The Morgan fingerprint density at radius 2 is 1.85 bits per heavy atom. The number of anilines is 1. The number of rotatable bonds is 5. The van der Waals surface area contributed by atoms with Crippen LogP contribution in [-0.2, 0) is 0 Å². The number of carboxylic acid groups (broad SMARTS) is 1. The van der Waals surface area contributed by atoms with Crippen LogP contribution in [0.4, 0.5) is 5.69 Å². The zero-order valence-corrected chi connectivity index (χ0v) is 14.6. The Bertz CT molecular complexity index is 834. The summed E-state index contributed by atoms with van der Waals surface area (Å²) in [4.78, 5) is 24.0. The average Bonchev–Trinajstić information content (AvgIpc) is 2.61. The van der Waals surface area contributed by atoms with E-state index in [0.717, 1.165) is 19.5 Å². The molecule has 1 aliphatic heterocycles. The van der Waals surface area contributed by atoms with Gasteiger partial charge in [-0.15, -0.1) is 0 Å². The van der Waals surface area contributed by atoms with Gasteiger partial charge in [0.1, 0.15) is 5.75 Å². The third kappa shape index (κ3) is 3.86. The normalized spacial score (nSPS) is 17.7. The van der Waals surface area contributed by atoms with E-state index in [2.05, 4.69) is 17.4 Å². The lowest BCUT2D eigenvalue weighted by Gasteiger charge is -2.31. The summed E-state index contributed by atoms with van der Waals surface area (Å²) in [5, 5.41) is 21.7. The molecule has 0 aromatic heterocycles. The fourth-order valence-electron chi connectivity index (χ4n) is 3.28. The summed E-state index contributed by atoms with van der Waals surface area (Å²) in [5.41, 5.74) is 4.00. The minimum atomic E-state index is -1.18. The van der Waals surface area contributed by atoms with Gasteiger partial charge < -0.3 is 15.6 Å². The molecule has 1 atom stereocenters. The lowest BCUT2D eigenvalue weighted by molar-refractivity contribution is 0.0692. The molecule has 2 aromatic rings. The second kappa shape index (κ2) is 7.58. The number of carbonyl (C=O) groups excluding carboxylic acids is 1. The maximum atomic E-state index is 12.7. The Hall–Kier alpha value is -2.86. The summed E-state index contributed by atoms with van der Waals surface area (Å²) in [7, 11) is 0. The minimum Gasteiger partial charge on any atom is -0.507 e. The SMILES string of the molecule is CC1CCCN(Nc2ccc(C(=O)c3ccccc3C(=O)O)c(O)c2)C1. The molecule has 3 rings (SSSR count). The highest BCUT2D eigenvalue weighted by Gasteiger charge is 2.21. The van der Waals surface area contributed by atoms with E-state index in [1.807, 2.05) is 0 Å². The van der Waals surface area contributed by atoms with E-state index in [1.165, 1.54) is 30.7 Å². The second-order valence-electron chi connectivity index (χ2n) is 6.72. The van der Waals surface area contributed by atoms with Crippen LogP contribution in [0.5, 0.6) is 5.75 Å². The first-order valence-corrected chi connectivity index (χ1v) is 8.67. The Morgan fingerprint density at radius 3 is 2.50 bits per heavy atom. The first-order valence-electron chi connectivity index (χ1n) is 8.67. The zero-order valence-electron chi connectivity index (χ0n) is 14.6. The molecule has 0 spiro atoms. The minimum absolute atomic E-state index is 0.0564. The topological polar surface area (TPSA) is 89.9 Å². The number of hydrogen-bond acceptors (Lipinski definition) is 5. The molecule has 0 bridgehead atoms. The quantitative estimate of drug-likeness (QED) is 0.713. The van der Waals surface area contributed by atoms with E-state index in [0.29, 0.717) is 11.6 Å². The summed E-state index contributed by atoms with van der Waals surface area (Å²) in [6, 6.07) is 10.7. The van der Waals surface area contributed by atoms with Crippen LogP contribution < -0.4 is 5.43 Å². The molecule has 1 fully saturated rings. The molecule has 0 radical (unpaired) electrons. The van der Waals surface area contributed by atoms with Crippen molar-refractivity contribution in [2.75, 3.05) is 18.5 Å². The maximum Gasteiger partial charge on any atom is 0.336 e. The van der Waals surface area contributed by atoms with Gasteiger partial charge in [-0.25, -0.2) is 9.80 Å². The van der Waals surface area contributed by atoms with Crippen LogP contribution in [0.15, 0.2) is 42.5 Å². The predicted octanol–water partition coefficient (Wildman–Crippen LogP) is 3.38. The number of benzene rings is 2. The van der Waals surface area contributed by atoms with Crippen LogP contribution in [0.25, 0.3) is 0 Å². The third-order valence-electron chi connectivity index (χ3n) is 4.59. The number of phenolic OH excluding ortho intramolecular Hbond substituents is 1. The number of nitrogens with zero attached hydrogens (tertiary/aromatic N) is 1. The fourth-order valence-corrected chi connectivity index (χ4v) is 3.28. The predicted molar refractivity (Wildman–Crippen MR) is 98.5 cm³/mol. The van der Waals surface area contributed by atoms with Gasteiger partial charge in [-0.2, -0.15) is 0 Å². The molecule has 1 aliphatic rings. The second-order valence-corrected chi connectivity index (χ2v) is 6.72. The lowest BCUT2D eigenvalue weighted by Crippen LogP contribution is -2.38. The smallest absolute Gasteiger partial charge is 0.336 e. The number of ketones is 1. The van der Waals surface area contributed by atoms with Crippen LogP contribution in [-0.4, -0.2) is 40.1 Å². The van der Waals surface area contributed by atoms with Crippen molar-refractivity contribution >= 4 is 17.4 Å². The van der Waals surface area contributed by atoms with Gasteiger partial charge in [0.05, 0.1) is 16.8 Å². The largest absolute Gasteiger partial charge is 0.507 e. The van der Waals surface area contributed by atoms with Gasteiger partial charge in [0, 0.05) is 24.7 Å². The van der Waals surface area contributed by atoms with Crippen molar-refractivity contribution < 1.29 is 19.8 Å². The summed E-state index contributed by atoms with van der Waals surface area (Å²) in [5.74, 6) is -1.26. The van der Waals surface area contributed by atoms with Crippen LogP contribution >= 0.6 is 0 Å². The van der Waals surface area contributed by atoms with E-state index in [4.69, 9.17) is 0 Å². The molecule has 6 nitrogen and oxygen atoms in total. The summed E-state index contributed by atoms with van der Waals surface area (Å²) >= 11 is 0. The first-order chi connectivity index (χ1) is 12.5. The molecule has 1 unspecified atom stereocenters. The first kappa shape index (κ1) is 17.9. The standard InChI is InChI=1S/C20H22N2O4/c1-13-5-4-10-22(12-13)21-14-8-9-17(18(23)11-14)19(24)15-6-2-3-7-16(15)20(25)26/h2-3,6-9,11,13,21,23H,4-5,10,12H2,1H3,(H,25,26). The number of aromatic hydroxyl groups is 1. The molecular weight excluding hydrogens is 332 g/mol. The zero-order chi connectivity index (χ0) is 18.7. The van der Waals surface area contributed by atoms with Gasteiger partial charge in [-0.05, 0) is 37.0 Å². The van der Waals surface area contributed by atoms with Gasteiger partial charge in [0.2, 0.25) is 0 Å². The molecule has 26 heavy (non-hydrogen) atoms. The average molecular weight is 354 g/mol. The van der Waals surface area contributed by atoms with Gasteiger partial charge in [0.15, 0.2) is 5.78 Å². The molecule has 0 saturated carbocycles. The third-order valence-corrected chi connectivity index (χ3v) is 4.59. The molecule has 0 amide bonds. The van der Waals surface area contributed by atoms with Crippen molar-refractivity contribution in [1.29, 1.82) is 0 Å². The van der Waals surface area contributed by atoms with Crippen molar-refractivity contribution in [2.24, 2.45) is 5.92 Å². The molecule has 136 valence electrons. The number of piperidine rings is 1. The molecule has 0 aliphatic carbocycles. The van der Waals surface area contributed by atoms with Gasteiger partial charge >= 0.3 is 5.97 Å². The van der Waals surface area contributed by atoms with Crippen LogP contribution in [0.1, 0.15) is 46.0 Å². The monoisotopic (exact) mass is 354 g/mol. The van der Waals surface area contributed by atoms with Gasteiger partial charge in [0.25, 0.3) is 0 Å². The highest BCUT2D eigenvalue weighted by atomic mass is 16.4. The molecule has 6 heteroatoms. The van der Waals surface area contributed by atoms with E-state index >= 15 is 0 Å². The van der Waals surface area contributed by atoms with Crippen molar-refractivity contribution in [1.82, 2.24) is 5.01 Å². The summed E-state index contributed by atoms with van der Waals surface area (Å²) in [6.07, 6.45) is 2.32. The van der Waals surface area contributed by atoms with Gasteiger partial charge in [-0.3, -0.25) is 4.79 Å². The highest BCUT2D eigenvalue weighted by molar-refractivity contribution is 6.15. The van der Waals surface area contributed by atoms with Crippen molar-refractivity contribution in [3.05, 3.63) is 59.2 Å². The molecule has 1 heterocycles. The maximum absolute atomic E-state index is 12.7. The summed E-state index contributed by atoms with van der Waals surface area (Å²) < 4.78 is 0. The number of carbonyl (C=O) groups is 2. The van der Waals surface area contributed by atoms with E-state index in [1.54, 1.807) is 18.2 Å². The van der Waals surface area contributed by atoms with Crippen molar-refractivity contribution in [2.45, 2.75) is 19.8 Å².